The molecule has 0 unspecified atom stereocenters. The fourth-order valence-electron chi connectivity index (χ4n) is 13.4. The molecular weight excluding hydrogens is 1900 g/mol. The summed E-state index contributed by atoms with van der Waals surface area (Å²) in [6, 6.07) is -17.3. The van der Waals surface area contributed by atoms with Crippen molar-refractivity contribution in [3.8, 4) is 5.75 Å². The van der Waals surface area contributed by atoms with Gasteiger partial charge in [0, 0.05) is 45.4 Å². The minimum absolute atomic E-state index is 0.00112. The number of carboxylic acid groups (broad SMARTS) is 3. The number of nitrogens with two attached hydrogens (primary N) is 9. The molecule has 0 aliphatic heterocycles. The second-order valence-corrected chi connectivity index (χ2v) is 34.5. The van der Waals surface area contributed by atoms with Crippen molar-refractivity contribution in [2.75, 3.05) is 45.8 Å². The summed E-state index contributed by atoms with van der Waals surface area (Å²) in [4.78, 5) is 258. The molecule has 0 aromatic heterocycles. The van der Waals surface area contributed by atoms with Gasteiger partial charge in [0.15, 0.2) is 23.8 Å². The Bertz CT molecular complexity index is 4390. The molecule has 55 nitrogen and oxygen atoms in total. The summed E-state index contributed by atoms with van der Waals surface area (Å²) in [6.45, 7) is 10.6. The van der Waals surface area contributed by atoms with Crippen LogP contribution in [0.3, 0.4) is 0 Å². The molecule has 0 fully saturated rings. The van der Waals surface area contributed by atoms with Gasteiger partial charge >= 0.3 is 24.1 Å². The van der Waals surface area contributed by atoms with Crippen molar-refractivity contribution in [3.05, 3.63) is 29.8 Å². The van der Waals surface area contributed by atoms with Gasteiger partial charge in [-0.05, 0) is 171 Å². The Morgan fingerprint density at radius 2 is 0.678 bits per heavy atom. The van der Waals surface area contributed by atoms with Crippen LogP contribution in [0, 0.1) is 39.4 Å². The fraction of sp³-hybridized carbons (Fsp3) is 0.659. The molecule has 1 aromatic carbocycles. The minimum Gasteiger partial charge on any atom is -0.508 e. The van der Waals surface area contributed by atoms with Crippen LogP contribution in [0.2, 0.25) is 0 Å². The first-order valence-corrected chi connectivity index (χ1v) is 46.3. The van der Waals surface area contributed by atoms with Crippen LogP contribution in [0.15, 0.2) is 24.3 Å². The summed E-state index contributed by atoms with van der Waals surface area (Å²) < 4.78 is 31.7. The molecule has 58 heteroatoms. The molecule has 0 spiro atoms. The number of nitrogens with one attached hydrogen (secondary N) is 22. The number of phenolic OH excluding ortho intramolecular Hbond substituents is 1. The summed E-state index contributed by atoms with van der Waals surface area (Å²) in [6.07, 6.45) is -10.4. The fourth-order valence-corrected chi connectivity index (χ4v) is 13.4. The average Bonchev–Trinajstić information content (AvgIpc) is 0.846. The van der Waals surface area contributed by atoms with E-state index in [9.17, 15) is 115 Å². The number of unbranched alkanes of at least 4 members (excludes halogenated alkanes) is 2. The highest BCUT2D eigenvalue weighted by molar-refractivity contribution is 6.01. The van der Waals surface area contributed by atoms with Crippen molar-refractivity contribution < 1.29 is 130 Å². The molecule has 0 saturated carbocycles. The second-order valence-electron chi connectivity index (χ2n) is 34.5. The number of guanidine groups is 4. The highest BCUT2D eigenvalue weighted by Crippen LogP contribution is 2.19. The van der Waals surface area contributed by atoms with Crippen LogP contribution in [-0.4, -0.2) is 304 Å². The van der Waals surface area contributed by atoms with E-state index in [1.807, 2.05) is 0 Å². The first kappa shape index (κ1) is 129. The van der Waals surface area contributed by atoms with E-state index in [1.165, 1.54) is 24.3 Å². The Morgan fingerprint density at radius 1 is 0.371 bits per heavy atom. The molecule has 0 radical (unpaired) electrons. The van der Waals surface area contributed by atoms with Crippen LogP contribution in [-0.2, 0) is 97.5 Å². The number of carbonyl (C=O) groups excluding carboxylic acids is 16. The minimum atomic E-state index is -5.08. The van der Waals surface area contributed by atoms with Gasteiger partial charge in [-0.2, -0.15) is 13.2 Å². The topological polar surface area (TPSA) is 972 Å². The van der Waals surface area contributed by atoms with Gasteiger partial charge in [0.25, 0.3) is 0 Å². The smallest absolute Gasteiger partial charge is 0.490 e. The molecule has 45 N–H and O–H groups in total. The number of amides is 16. The summed E-state index contributed by atoms with van der Waals surface area (Å²) in [5.41, 5.74) is 50.6. The molecule has 16 amide bonds. The Labute approximate surface area is 824 Å². The molecule has 0 aliphatic carbocycles. The molecule has 1 rings (SSSR count). The maximum Gasteiger partial charge on any atom is 0.490 e. The lowest BCUT2D eigenvalue weighted by Crippen LogP contribution is -2.62. The SMILES string of the molecule is CC[C@H](C)[C@H](NC(=O)[C@H](CCC(N)=O)NC(=O)[C@H](CCCNC(=N)N)NC(=O)[C@H](CC(C)C)NC(=O)[C@@H](NC(=O)[C@H](CCCCN)NC(=O)[C@H](Cc1ccc(O)cc1)NC(=O)[C@H](CCCCN)NC(=O)[C@H](CC(=O)O)NC(=O)[C@H](CCCNC(=N)N)NC(=O)CNC(=O)[C@H](CC(C)C)NC(=O)[C@@H](N)CCCNC(=N)N)[C@@H](C)O)C(=O)N[C@@H](CCCNC(=N)N)C(=O)N[C@@H](CCC(N)=O)C(=O)O.O=C(O)C(F)(F)F. The number of hydrogen-bond acceptors (Lipinski definition) is 28. The van der Waals surface area contributed by atoms with E-state index >= 15 is 4.79 Å². The number of primary amides is 2. The molecule has 0 saturated heterocycles. The number of carboxylic acids is 3. The van der Waals surface area contributed by atoms with Crippen molar-refractivity contribution in [2.24, 2.45) is 69.4 Å². The van der Waals surface area contributed by atoms with Gasteiger partial charge in [-0.25, -0.2) is 9.59 Å². The third-order valence-corrected chi connectivity index (χ3v) is 21.2. The molecule has 0 aliphatic rings. The van der Waals surface area contributed by atoms with Gasteiger partial charge in [0.1, 0.15) is 84.3 Å². The first-order valence-electron chi connectivity index (χ1n) is 46.3. The number of phenols is 1. The van der Waals surface area contributed by atoms with Gasteiger partial charge < -0.3 is 173 Å². The van der Waals surface area contributed by atoms with Gasteiger partial charge in [-0.15, -0.1) is 0 Å². The summed E-state index contributed by atoms with van der Waals surface area (Å²) in [5.74, 6) is -25.6. The van der Waals surface area contributed by atoms with Gasteiger partial charge in [0.05, 0.1) is 25.1 Å². The molecule has 16 atom stereocenters. The zero-order valence-electron chi connectivity index (χ0n) is 81.2. The Kier molecular flexibility index (Phi) is 61.8. The largest absolute Gasteiger partial charge is 0.508 e. The van der Waals surface area contributed by atoms with E-state index in [0.29, 0.717) is 6.42 Å². The van der Waals surface area contributed by atoms with Crippen molar-refractivity contribution in [3.63, 3.8) is 0 Å². The maximum atomic E-state index is 15.0. The Morgan fingerprint density at radius 3 is 1.05 bits per heavy atom. The number of aliphatic carboxylic acids is 3. The lowest BCUT2D eigenvalue weighted by atomic mass is 9.96. The number of benzene rings is 1. The van der Waals surface area contributed by atoms with E-state index in [-0.39, 0.29) is 165 Å². The molecule has 0 bridgehead atoms. The molecule has 808 valence electrons. The van der Waals surface area contributed by atoms with E-state index in [2.05, 4.69) is 95.7 Å². The van der Waals surface area contributed by atoms with E-state index < -0.39 is 284 Å². The number of aromatic hydroxyl groups is 1. The zero-order valence-corrected chi connectivity index (χ0v) is 81.2. The summed E-state index contributed by atoms with van der Waals surface area (Å²) in [5, 5.41) is 124. The van der Waals surface area contributed by atoms with Gasteiger partial charge in [-0.1, -0.05) is 60.1 Å². The van der Waals surface area contributed by atoms with E-state index in [1.54, 1.807) is 41.5 Å². The first-order chi connectivity index (χ1) is 66.9. The third kappa shape index (κ3) is 56.6. The van der Waals surface area contributed by atoms with Crippen LogP contribution in [0.1, 0.15) is 195 Å². The number of alkyl halides is 3. The second kappa shape index (κ2) is 68.7. The molecule has 1 aromatic rings. The van der Waals surface area contributed by atoms with Crippen LogP contribution < -0.4 is 147 Å². The lowest BCUT2D eigenvalue weighted by molar-refractivity contribution is -0.192. The van der Waals surface area contributed by atoms with Gasteiger partial charge in [0.2, 0.25) is 94.5 Å². The van der Waals surface area contributed by atoms with Crippen LogP contribution in [0.25, 0.3) is 0 Å². The standard InChI is InChI=1S/C83H147N31O22.C2HF3O2/c1-8-44(6)64(77(133)107-53(22-16-36-100-83(95)96)70(126)108-55(79(135)136)28-30-61(88)118)113-73(129)54(27-29-60(87)117)106-69(125)52(21-15-35-99-82(93)94)105-74(130)57(38-43(4)5)112-78(134)65(45(7)115)114-72(128)51(19-10-12-32-85)104-75(131)58(39-46-23-25-47(116)26-24-46)110-71(127)50(18-9-11-31-84)103-76(132)59(40-63(120)121)111-68(124)49(20-14-34-98-81(91)92)102-62(119)41-101-67(123)56(37-42(2)3)109-66(122)48(86)17-13-33-97-80(89)90;3-2(4,5)1(6)7/h23-26,42-45,48-59,64-65,115-116H,8-22,27-41,84-86H2,1-7H3,(H2,87,117)(H2,88,118)(H,101,123)(H,102,119)(H,103,132)(H,104,131)(H,105,130)(H,106,125)(H,107,133)(H,108,126)(H,109,122)(H,110,127)(H,111,124)(H,112,134)(H,113,129)(H,114,128)(H,120,121)(H,135,136)(H4,89,90,97)(H4,91,92,98)(H4,93,94,99)(H4,95,96,100);(H,6,7)/t44-,45+,48-,49-,50-,51-,52-,53-,54-,55-,56-,57-,58-,59-,64-,65-;/m0./s1. The van der Waals surface area contributed by atoms with Crippen LogP contribution >= 0.6 is 0 Å². The molecule has 0 heterocycles. The number of aliphatic hydroxyl groups is 1. The highest BCUT2D eigenvalue weighted by atomic mass is 19.4. The monoisotopic (exact) mass is 2040 g/mol. The number of aliphatic hydroxyl groups excluding tert-OH is 1. The normalized spacial score (nSPS) is 14.4. The van der Waals surface area contributed by atoms with Gasteiger partial charge in [-0.3, -0.25) is 103 Å². The van der Waals surface area contributed by atoms with E-state index in [0.717, 1.165) is 6.92 Å². The van der Waals surface area contributed by atoms with E-state index in [4.69, 9.17) is 83.1 Å². The van der Waals surface area contributed by atoms with Crippen molar-refractivity contribution >= 4 is 136 Å². The maximum absolute atomic E-state index is 15.0. The third-order valence-electron chi connectivity index (χ3n) is 21.2. The predicted octanol–water partition coefficient (Wildman–Crippen LogP) is -8.77. The summed E-state index contributed by atoms with van der Waals surface area (Å²) in [7, 11) is 0. The predicted molar refractivity (Wildman–Crippen MR) is 511 cm³/mol. The highest BCUT2D eigenvalue weighted by Gasteiger charge is 2.42. The van der Waals surface area contributed by atoms with Crippen molar-refractivity contribution in [2.45, 2.75) is 293 Å². The number of carbonyl (C=O) groups is 19. The van der Waals surface area contributed by atoms with Crippen molar-refractivity contribution in [1.82, 2.24) is 95.7 Å². The number of halogens is 3. The van der Waals surface area contributed by atoms with Crippen LogP contribution in [0.5, 0.6) is 5.75 Å². The quantitative estimate of drug-likeness (QED) is 0.0164. The molecule has 143 heavy (non-hydrogen) atoms. The zero-order chi connectivity index (χ0) is 109. The van der Waals surface area contributed by atoms with Crippen molar-refractivity contribution in [1.29, 1.82) is 21.6 Å². The molecular formula is C85H148F3N31O24. The lowest BCUT2D eigenvalue weighted by Gasteiger charge is -2.30. The van der Waals surface area contributed by atoms with Crippen LogP contribution in [0.4, 0.5) is 13.2 Å². The number of rotatable bonds is 70. The Hall–Kier alpha value is -14.3. The summed E-state index contributed by atoms with van der Waals surface area (Å²) >= 11 is 0. The Balaban J connectivity index is 0.0000277. The number of hydrogen-bond donors (Lipinski definition) is 36. The average molecular weight is 2050 g/mol.